The highest BCUT2D eigenvalue weighted by molar-refractivity contribution is 5.49. The molecule has 66 valence electrons. The molecule has 0 amide bonds. The topological polar surface area (TPSA) is 26.0 Å². The van der Waals surface area contributed by atoms with E-state index in [9.17, 15) is 8.78 Å². The largest absolute Gasteiger partial charge is 0.398 e. The van der Waals surface area contributed by atoms with Crippen molar-refractivity contribution in [3.63, 3.8) is 0 Å². The first-order chi connectivity index (χ1) is 5.65. The van der Waals surface area contributed by atoms with E-state index in [4.69, 9.17) is 5.73 Å². The van der Waals surface area contributed by atoms with E-state index >= 15 is 0 Å². The van der Waals surface area contributed by atoms with E-state index in [0.29, 0.717) is 5.69 Å². The molecule has 0 saturated carbocycles. The number of anilines is 1. The van der Waals surface area contributed by atoms with E-state index in [1.165, 1.54) is 12.1 Å². The predicted molar refractivity (Wildman–Crippen MR) is 45.2 cm³/mol. The van der Waals surface area contributed by atoms with Crippen LogP contribution in [-0.4, -0.2) is 0 Å². The number of aryl methyl sites for hydroxylation is 1. The zero-order valence-corrected chi connectivity index (χ0v) is 6.85. The second-order valence-corrected chi connectivity index (χ2v) is 2.61. The van der Waals surface area contributed by atoms with Crippen LogP contribution in [0.15, 0.2) is 18.2 Å². The monoisotopic (exact) mass is 171 g/mol. The average Bonchev–Trinajstić information content (AvgIpc) is 2.04. The molecule has 0 spiro atoms. The zero-order valence-electron chi connectivity index (χ0n) is 6.85. The number of halogens is 2. The van der Waals surface area contributed by atoms with E-state index in [-0.39, 0.29) is 5.56 Å². The first kappa shape index (κ1) is 8.97. The van der Waals surface area contributed by atoms with Crippen LogP contribution in [0, 0.1) is 0 Å². The van der Waals surface area contributed by atoms with Crippen molar-refractivity contribution >= 4 is 5.69 Å². The summed E-state index contributed by atoms with van der Waals surface area (Å²) in [5.41, 5.74) is 6.90. The van der Waals surface area contributed by atoms with Gasteiger partial charge in [0.15, 0.2) is 0 Å². The van der Waals surface area contributed by atoms with Crippen LogP contribution in [0.5, 0.6) is 0 Å². The van der Waals surface area contributed by atoms with Crippen molar-refractivity contribution in [1.82, 2.24) is 0 Å². The third-order valence-corrected chi connectivity index (χ3v) is 1.80. The number of hydrogen-bond acceptors (Lipinski definition) is 1. The van der Waals surface area contributed by atoms with E-state index in [0.717, 1.165) is 12.0 Å². The van der Waals surface area contributed by atoms with Crippen LogP contribution in [-0.2, 0) is 6.42 Å². The Morgan fingerprint density at radius 2 is 2.08 bits per heavy atom. The molecular formula is C9H11F2N. The zero-order chi connectivity index (χ0) is 9.14. The van der Waals surface area contributed by atoms with E-state index in [1.807, 2.05) is 6.92 Å². The van der Waals surface area contributed by atoms with Crippen molar-refractivity contribution < 1.29 is 8.78 Å². The lowest BCUT2D eigenvalue weighted by molar-refractivity contribution is 0.151. The van der Waals surface area contributed by atoms with Crippen LogP contribution in [0.4, 0.5) is 14.5 Å². The number of nitrogens with two attached hydrogens (primary N) is 1. The fraction of sp³-hybridized carbons (Fsp3) is 0.333. The third-order valence-electron chi connectivity index (χ3n) is 1.80. The number of benzene rings is 1. The SMILES string of the molecule is CCc1ccc(C(F)F)cc1N. The standard InChI is InChI=1S/C9H11F2N/c1-2-6-3-4-7(9(10)11)5-8(6)12/h3-5,9H,2,12H2,1H3. The van der Waals surface area contributed by atoms with Crippen LogP contribution in [0.1, 0.15) is 24.5 Å². The lowest BCUT2D eigenvalue weighted by Crippen LogP contribution is -1.95. The highest BCUT2D eigenvalue weighted by Gasteiger charge is 2.07. The van der Waals surface area contributed by atoms with Crippen molar-refractivity contribution in [3.05, 3.63) is 29.3 Å². The second-order valence-electron chi connectivity index (χ2n) is 2.61. The molecular weight excluding hydrogens is 160 g/mol. The van der Waals surface area contributed by atoms with Crippen LogP contribution in [0.25, 0.3) is 0 Å². The fourth-order valence-electron chi connectivity index (χ4n) is 1.07. The molecule has 0 aliphatic rings. The Bertz CT molecular complexity index is 271. The Morgan fingerprint density at radius 1 is 1.42 bits per heavy atom. The average molecular weight is 171 g/mol. The summed E-state index contributed by atoms with van der Waals surface area (Å²) in [5.74, 6) is 0. The Labute approximate surface area is 70.2 Å². The summed E-state index contributed by atoms with van der Waals surface area (Å²) in [4.78, 5) is 0. The molecule has 0 saturated heterocycles. The molecule has 2 N–H and O–H groups in total. The van der Waals surface area contributed by atoms with Gasteiger partial charge < -0.3 is 5.73 Å². The molecule has 0 unspecified atom stereocenters. The van der Waals surface area contributed by atoms with E-state index in [2.05, 4.69) is 0 Å². The van der Waals surface area contributed by atoms with Gasteiger partial charge in [-0.15, -0.1) is 0 Å². The van der Waals surface area contributed by atoms with Crippen molar-refractivity contribution in [3.8, 4) is 0 Å². The van der Waals surface area contributed by atoms with Crippen molar-refractivity contribution in [2.45, 2.75) is 19.8 Å². The number of hydrogen-bond donors (Lipinski definition) is 1. The Balaban J connectivity index is 3.02. The second kappa shape index (κ2) is 3.52. The van der Waals surface area contributed by atoms with Gasteiger partial charge in [-0.2, -0.15) is 0 Å². The Kier molecular flexibility index (Phi) is 2.63. The minimum Gasteiger partial charge on any atom is -0.398 e. The first-order valence-corrected chi connectivity index (χ1v) is 3.81. The van der Waals surface area contributed by atoms with Gasteiger partial charge in [0, 0.05) is 11.3 Å². The molecule has 0 aromatic heterocycles. The van der Waals surface area contributed by atoms with Gasteiger partial charge in [-0.25, -0.2) is 8.78 Å². The van der Waals surface area contributed by atoms with Gasteiger partial charge in [-0.1, -0.05) is 19.1 Å². The molecule has 0 bridgehead atoms. The van der Waals surface area contributed by atoms with E-state index < -0.39 is 6.43 Å². The molecule has 0 atom stereocenters. The lowest BCUT2D eigenvalue weighted by Gasteiger charge is -2.05. The van der Waals surface area contributed by atoms with Crippen LogP contribution in [0.3, 0.4) is 0 Å². The fourth-order valence-corrected chi connectivity index (χ4v) is 1.07. The molecule has 0 radical (unpaired) electrons. The maximum atomic E-state index is 12.1. The van der Waals surface area contributed by atoms with Gasteiger partial charge in [0.25, 0.3) is 6.43 Å². The first-order valence-electron chi connectivity index (χ1n) is 3.81. The molecule has 1 rings (SSSR count). The predicted octanol–water partition coefficient (Wildman–Crippen LogP) is 2.77. The van der Waals surface area contributed by atoms with Gasteiger partial charge in [-0.05, 0) is 18.1 Å². The summed E-state index contributed by atoms with van der Waals surface area (Å²) in [6.07, 6.45) is -1.66. The minimum absolute atomic E-state index is 0.00954. The molecule has 1 nitrogen and oxygen atoms in total. The van der Waals surface area contributed by atoms with Gasteiger partial charge in [0.1, 0.15) is 0 Å². The van der Waals surface area contributed by atoms with Gasteiger partial charge in [0.2, 0.25) is 0 Å². The van der Waals surface area contributed by atoms with Crippen LogP contribution in [0.2, 0.25) is 0 Å². The summed E-state index contributed by atoms with van der Waals surface area (Å²) in [5, 5.41) is 0. The molecule has 3 heteroatoms. The number of rotatable bonds is 2. The van der Waals surface area contributed by atoms with Gasteiger partial charge >= 0.3 is 0 Å². The molecule has 0 aliphatic heterocycles. The molecule has 0 fully saturated rings. The van der Waals surface area contributed by atoms with Crippen LogP contribution < -0.4 is 5.73 Å². The summed E-state index contributed by atoms with van der Waals surface area (Å²) < 4.78 is 24.3. The van der Waals surface area contributed by atoms with Crippen molar-refractivity contribution in [2.24, 2.45) is 0 Å². The molecule has 12 heavy (non-hydrogen) atoms. The van der Waals surface area contributed by atoms with Gasteiger partial charge in [0.05, 0.1) is 0 Å². The van der Waals surface area contributed by atoms with Crippen molar-refractivity contribution in [1.29, 1.82) is 0 Å². The molecule has 0 heterocycles. The summed E-state index contributed by atoms with van der Waals surface area (Å²) in [6.45, 7) is 1.94. The van der Waals surface area contributed by atoms with Gasteiger partial charge in [-0.3, -0.25) is 0 Å². The smallest absolute Gasteiger partial charge is 0.263 e. The summed E-state index contributed by atoms with van der Waals surface area (Å²) in [7, 11) is 0. The minimum atomic E-state index is -2.43. The number of alkyl halides is 2. The third kappa shape index (κ3) is 1.72. The molecule has 0 aliphatic carbocycles. The number of nitrogen functional groups attached to an aromatic ring is 1. The van der Waals surface area contributed by atoms with Crippen molar-refractivity contribution in [2.75, 3.05) is 5.73 Å². The quantitative estimate of drug-likeness (QED) is 0.680. The Morgan fingerprint density at radius 3 is 2.50 bits per heavy atom. The summed E-state index contributed by atoms with van der Waals surface area (Å²) >= 11 is 0. The molecule has 1 aromatic carbocycles. The Hall–Kier alpha value is -1.12. The molecule has 1 aromatic rings. The summed E-state index contributed by atoms with van der Waals surface area (Å²) in [6, 6.07) is 4.40. The highest BCUT2D eigenvalue weighted by atomic mass is 19.3. The van der Waals surface area contributed by atoms with E-state index in [1.54, 1.807) is 6.07 Å². The van der Waals surface area contributed by atoms with Crippen LogP contribution >= 0.6 is 0 Å². The highest BCUT2D eigenvalue weighted by Crippen LogP contribution is 2.23. The maximum absolute atomic E-state index is 12.1. The normalized spacial score (nSPS) is 10.7. The maximum Gasteiger partial charge on any atom is 0.263 e. The lowest BCUT2D eigenvalue weighted by atomic mass is 10.1.